The number of carbonyl (C=O) groups excluding carboxylic acids is 2. The van der Waals surface area contributed by atoms with Gasteiger partial charge in [-0.2, -0.15) is 18.3 Å². The first-order valence-corrected chi connectivity index (χ1v) is 8.13. The van der Waals surface area contributed by atoms with Crippen molar-refractivity contribution < 1.29 is 22.8 Å². The number of benzene rings is 1. The number of carbonyl (C=O) groups is 2. The van der Waals surface area contributed by atoms with Gasteiger partial charge in [-0.15, -0.1) is 0 Å². The van der Waals surface area contributed by atoms with Gasteiger partial charge in [0.05, 0.1) is 17.4 Å². The number of halogens is 3. The Bertz CT molecular complexity index is 830. The van der Waals surface area contributed by atoms with E-state index in [0.717, 1.165) is 12.1 Å². The summed E-state index contributed by atoms with van der Waals surface area (Å²) in [5, 5.41) is 11.4. The van der Waals surface area contributed by atoms with Crippen LogP contribution in [0.2, 0.25) is 0 Å². The average molecular weight is 383 g/mol. The SMILES string of the molecule is CC(C)CNC(=O)c1c(NC(=O)Nc2cccc(C(F)(F)F)c2)cnn1C. The van der Waals surface area contributed by atoms with Crippen molar-refractivity contribution in [2.45, 2.75) is 20.0 Å². The Labute approximate surface area is 153 Å². The second kappa shape index (κ2) is 8.11. The van der Waals surface area contributed by atoms with Crippen LogP contribution in [0.25, 0.3) is 0 Å². The Kier molecular flexibility index (Phi) is 6.09. The molecule has 0 aliphatic rings. The van der Waals surface area contributed by atoms with E-state index in [1.165, 1.54) is 23.0 Å². The molecule has 0 spiro atoms. The zero-order valence-electron chi connectivity index (χ0n) is 15.0. The summed E-state index contributed by atoms with van der Waals surface area (Å²) < 4.78 is 39.5. The molecule has 0 aliphatic carbocycles. The minimum Gasteiger partial charge on any atom is -0.350 e. The molecule has 3 amide bonds. The first-order valence-electron chi connectivity index (χ1n) is 8.13. The number of urea groups is 1. The maximum atomic E-state index is 12.7. The van der Waals surface area contributed by atoms with Gasteiger partial charge in [-0.25, -0.2) is 4.79 Å². The van der Waals surface area contributed by atoms with E-state index in [1.54, 1.807) is 7.05 Å². The van der Waals surface area contributed by atoms with Crippen LogP contribution in [0.3, 0.4) is 0 Å². The number of hydrogen-bond acceptors (Lipinski definition) is 3. The maximum absolute atomic E-state index is 12.7. The lowest BCUT2D eigenvalue weighted by atomic mass is 10.2. The second-order valence-electron chi connectivity index (χ2n) is 6.29. The van der Waals surface area contributed by atoms with Crippen LogP contribution < -0.4 is 16.0 Å². The van der Waals surface area contributed by atoms with Crippen molar-refractivity contribution in [3.8, 4) is 0 Å². The van der Waals surface area contributed by atoms with Gasteiger partial charge in [-0.05, 0) is 24.1 Å². The van der Waals surface area contributed by atoms with Gasteiger partial charge < -0.3 is 16.0 Å². The lowest BCUT2D eigenvalue weighted by Crippen LogP contribution is -2.30. The number of hydrogen-bond donors (Lipinski definition) is 3. The maximum Gasteiger partial charge on any atom is 0.416 e. The molecule has 1 heterocycles. The third-order valence-corrected chi connectivity index (χ3v) is 3.52. The molecule has 146 valence electrons. The third-order valence-electron chi connectivity index (χ3n) is 3.52. The fourth-order valence-corrected chi connectivity index (χ4v) is 2.24. The predicted molar refractivity (Wildman–Crippen MR) is 94.5 cm³/mol. The van der Waals surface area contributed by atoms with Crippen molar-refractivity contribution in [3.63, 3.8) is 0 Å². The van der Waals surface area contributed by atoms with Crippen LogP contribution in [0, 0.1) is 5.92 Å². The summed E-state index contributed by atoms with van der Waals surface area (Å²) >= 11 is 0. The summed E-state index contributed by atoms with van der Waals surface area (Å²) in [6.07, 6.45) is -3.23. The van der Waals surface area contributed by atoms with Crippen LogP contribution >= 0.6 is 0 Å². The Morgan fingerprint density at radius 3 is 2.56 bits per heavy atom. The van der Waals surface area contributed by atoms with E-state index in [4.69, 9.17) is 0 Å². The monoisotopic (exact) mass is 383 g/mol. The van der Waals surface area contributed by atoms with E-state index >= 15 is 0 Å². The molecule has 1 aromatic carbocycles. The van der Waals surface area contributed by atoms with E-state index < -0.39 is 23.7 Å². The molecule has 0 saturated carbocycles. The summed E-state index contributed by atoms with van der Waals surface area (Å²) in [5.41, 5.74) is -0.634. The zero-order valence-corrected chi connectivity index (χ0v) is 15.0. The van der Waals surface area contributed by atoms with Gasteiger partial charge in [-0.3, -0.25) is 9.48 Å². The molecule has 0 fully saturated rings. The quantitative estimate of drug-likeness (QED) is 0.739. The van der Waals surface area contributed by atoms with E-state index in [2.05, 4.69) is 21.0 Å². The molecule has 10 heteroatoms. The Morgan fingerprint density at radius 2 is 1.93 bits per heavy atom. The highest BCUT2D eigenvalue weighted by molar-refractivity contribution is 6.05. The molecule has 2 rings (SSSR count). The second-order valence-corrected chi connectivity index (χ2v) is 6.29. The topological polar surface area (TPSA) is 88.1 Å². The minimum atomic E-state index is -4.51. The van der Waals surface area contributed by atoms with Crippen LogP contribution in [-0.4, -0.2) is 28.3 Å². The number of rotatable bonds is 5. The first kappa shape index (κ1) is 20.3. The van der Waals surface area contributed by atoms with Crippen molar-refractivity contribution in [2.24, 2.45) is 13.0 Å². The zero-order chi connectivity index (χ0) is 20.2. The van der Waals surface area contributed by atoms with Gasteiger partial charge in [0.25, 0.3) is 5.91 Å². The number of amides is 3. The fraction of sp³-hybridized carbons (Fsp3) is 0.353. The standard InChI is InChI=1S/C17H20F3N5O2/c1-10(2)8-21-15(26)14-13(9-22-25(14)3)24-16(27)23-12-6-4-5-11(7-12)17(18,19)20/h4-7,9-10H,8H2,1-3H3,(H,21,26)(H2,23,24,27). The Balaban J connectivity index is 2.10. The van der Waals surface area contributed by atoms with Crippen LogP contribution in [0.15, 0.2) is 30.5 Å². The minimum absolute atomic E-state index is 0.0305. The molecule has 0 bridgehead atoms. The molecule has 0 unspecified atom stereocenters. The highest BCUT2D eigenvalue weighted by Crippen LogP contribution is 2.30. The molecule has 1 aromatic heterocycles. The average Bonchev–Trinajstić information content (AvgIpc) is 2.92. The van der Waals surface area contributed by atoms with E-state index in [1.807, 2.05) is 13.8 Å². The molecule has 0 aliphatic heterocycles. The van der Waals surface area contributed by atoms with Crippen LogP contribution in [-0.2, 0) is 13.2 Å². The van der Waals surface area contributed by atoms with Gasteiger partial charge in [0.1, 0.15) is 5.69 Å². The van der Waals surface area contributed by atoms with Gasteiger partial charge in [0.15, 0.2) is 0 Å². The molecule has 3 N–H and O–H groups in total. The fourth-order valence-electron chi connectivity index (χ4n) is 2.24. The molecule has 0 atom stereocenters. The third kappa shape index (κ3) is 5.47. The Hall–Kier alpha value is -3.04. The molecule has 7 nitrogen and oxygen atoms in total. The summed E-state index contributed by atoms with van der Waals surface area (Å²) in [6.45, 7) is 4.32. The summed E-state index contributed by atoms with van der Waals surface area (Å²) in [5.74, 6) is -0.180. The largest absolute Gasteiger partial charge is 0.416 e. The summed E-state index contributed by atoms with van der Waals surface area (Å²) in [6, 6.07) is 3.45. The number of aryl methyl sites for hydroxylation is 1. The van der Waals surface area contributed by atoms with Crippen molar-refractivity contribution in [3.05, 3.63) is 41.7 Å². The van der Waals surface area contributed by atoms with Gasteiger partial charge in [0.2, 0.25) is 0 Å². The van der Waals surface area contributed by atoms with Gasteiger partial charge in [0, 0.05) is 19.3 Å². The van der Waals surface area contributed by atoms with Crippen molar-refractivity contribution in [2.75, 3.05) is 17.2 Å². The van der Waals surface area contributed by atoms with E-state index in [9.17, 15) is 22.8 Å². The van der Waals surface area contributed by atoms with Crippen LogP contribution in [0.4, 0.5) is 29.3 Å². The van der Waals surface area contributed by atoms with E-state index in [-0.39, 0.29) is 23.0 Å². The predicted octanol–water partition coefficient (Wildman–Crippen LogP) is 3.47. The van der Waals surface area contributed by atoms with Crippen LogP contribution in [0.1, 0.15) is 29.9 Å². The molecular formula is C17H20F3N5O2. The van der Waals surface area contributed by atoms with Crippen molar-refractivity contribution in [1.29, 1.82) is 0 Å². The smallest absolute Gasteiger partial charge is 0.350 e. The van der Waals surface area contributed by atoms with Gasteiger partial charge in [-0.1, -0.05) is 19.9 Å². The molecule has 0 radical (unpaired) electrons. The lowest BCUT2D eigenvalue weighted by Gasteiger charge is -2.12. The number of alkyl halides is 3. The molecule has 27 heavy (non-hydrogen) atoms. The summed E-state index contributed by atoms with van der Waals surface area (Å²) in [7, 11) is 1.54. The van der Waals surface area contributed by atoms with Crippen molar-refractivity contribution >= 4 is 23.3 Å². The number of aromatic nitrogens is 2. The lowest BCUT2D eigenvalue weighted by molar-refractivity contribution is -0.137. The number of anilines is 2. The summed E-state index contributed by atoms with van der Waals surface area (Å²) in [4.78, 5) is 24.4. The first-order chi connectivity index (χ1) is 12.6. The van der Waals surface area contributed by atoms with E-state index in [0.29, 0.717) is 6.54 Å². The normalized spacial score (nSPS) is 11.4. The molecule has 2 aromatic rings. The highest BCUT2D eigenvalue weighted by atomic mass is 19.4. The number of nitrogens with zero attached hydrogens (tertiary/aromatic N) is 2. The Morgan fingerprint density at radius 1 is 1.22 bits per heavy atom. The van der Waals surface area contributed by atoms with Gasteiger partial charge >= 0.3 is 12.2 Å². The number of nitrogens with one attached hydrogen (secondary N) is 3. The molecule has 0 saturated heterocycles. The highest BCUT2D eigenvalue weighted by Gasteiger charge is 2.30. The molecular weight excluding hydrogens is 363 g/mol. The van der Waals surface area contributed by atoms with Crippen LogP contribution in [0.5, 0.6) is 0 Å². The van der Waals surface area contributed by atoms with Crippen molar-refractivity contribution in [1.82, 2.24) is 15.1 Å².